The van der Waals surface area contributed by atoms with Crippen LogP contribution in [0.1, 0.15) is 48.1 Å². The molecule has 2 heterocycles. The van der Waals surface area contributed by atoms with Gasteiger partial charge in [-0.3, -0.25) is 4.98 Å². The molecule has 130 valence electrons. The molecule has 0 radical (unpaired) electrons. The molecule has 0 atom stereocenters. The normalized spacial score (nSPS) is 16.7. The molecule has 2 aromatic heterocycles. The molecule has 2 aliphatic carbocycles. The minimum atomic E-state index is 0.101. The van der Waals surface area contributed by atoms with Gasteiger partial charge < -0.3 is 0 Å². The number of nitrogens with zero attached hydrogens (tertiary/aromatic N) is 2. The Labute approximate surface area is 155 Å². The van der Waals surface area contributed by atoms with Crippen molar-refractivity contribution in [2.45, 2.75) is 44.9 Å². The second-order valence-corrected chi connectivity index (χ2v) is 8.07. The first-order chi connectivity index (χ1) is 12.6. The number of hydrogen-bond donors (Lipinski definition) is 0. The van der Waals surface area contributed by atoms with Crippen LogP contribution in [-0.2, 0) is 12.5 Å². The lowest BCUT2D eigenvalue weighted by Gasteiger charge is -2.27. The van der Waals surface area contributed by atoms with Crippen molar-refractivity contribution < 1.29 is 4.57 Å². The van der Waals surface area contributed by atoms with Crippen molar-refractivity contribution in [3.8, 4) is 22.4 Å². The van der Waals surface area contributed by atoms with E-state index in [0.29, 0.717) is 0 Å². The molecule has 0 N–H and O–H groups in total. The topological polar surface area (TPSA) is 16.8 Å². The van der Waals surface area contributed by atoms with Crippen LogP contribution >= 0.6 is 0 Å². The van der Waals surface area contributed by atoms with Crippen LogP contribution in [0, 0.1) is 13.8 Å². The average Bonchev–Trinajstić information content (AvgIpc) is 3.24. The Balaban J connectivity index is 1.90. The summed E-state index contributed by atoms with van der Waals surface area (Å²) in [6, 6.07) is 13.5. The first kappa shape index (κ1) is 15.7. The molecule has 2 nitrogen and oxygen atoms in total. The van der Waals surface area contributed by atoms with Crippen LogP contribution in [0.25, 0.3) is 22.4 Å². The van der Waals surface area contributed by atoms with E-state index in [9.17, 15) is 0 Å². The summed E-state index contributed by atoms with van der Waals surface area (Å²) < 4.78 is 2.27. The molecule has 2 aliphatic rings. The molecule has 0 bridgehead atoms. The van der Waals surface area contributed by atoms with Crippen LogP contribution in [0.3, 0.4) is 0 Å². The number of aryl methyl sites for hydroxylation is 3. The van der Waals surface area contributed by atoms with E-state index < -0.39 is 0 Å². The number of pyridine rings is 2. The highest BCUT2D eigenvalue weighted by atomic mass is 14.9. The van der Waals surface area contributed by atoms with E-state index in [1.807, 2.05) is 6.20 Å². The van der Waals surface area contributed by atoms with Crippen molar-refractivity contribution in [2.24, 2.45) is 7.05 Å². The third-order valence-corrected chi connectivity index (χ3v) is 6.46. The van der Waals surface area contributed by atoms with E-state index in [2.05, 4.69) is 68.1 Å². The largest absolute Gasteiger partial charge is 0.260 e. The Bertz CT molecular complexity index is 1030. The number of benzene rings is 1. The molecular weight excluding hydrogens is 316 g/mol. The van der Waals surface area contributed by atoms with Gasteiger partial charge in [-0.05, 0) is 55.0 Å². The van der Waals surface area contributed by atoms with Crippen molar-refractivity contribution in [2.75, 3.05) is 0 Å². The highest BCUT2D eigenvalue weighted by Crippen LogP contribution is 2.58. The van der Waals surface area contributed by atoms with Gasteiger partial charge >= 0.3 is 0 Å². The second kappa shape index (κ2) is 5.51. The highest BCUT2D eigenvalue weighted by molar-refractivity contribution is 5.87. The molecule has 1 fully saturated rings. The Morgan fingerprint density at radius 2 is 1.81 bits per heavy atom. The first-order valence-electron chi connectivity index (χ1n) is 9.68. The van der Waals surface area contributed by atoms with Crippen LogP contribution < -0.4 is 4.57 Å². The van der Waals surface area contributed by atoms with Gasteiger partial charge in [-0.2, -0.15) is 0 Å². The second-order valence-electron chi connectivity index (χ2n) is 8.07. The van der Waals surface area contributed by atoms with Gasteiger partial charge in [0.25, 0.3) is 0 Å². The summed E-state index contributed by atoms with van der Waals surface area (Å²) in [6.45, 7) is 4.45. The molecule has 1 spiro atoms. The van der Waals surface area contributed by atoms with E-state index in [0.717, 1.165) is 0 Å². The Hall–Kier alpha value is -2.48. The molecule has 5 rings (SSSR count). The lowest BCUT2D eigenvalue weighted by Crippen LogP contribution is -2.32. The summed E-state index contributed by atoms with van der Waals surface area (Å²) in [6.07, 6.45) is 9.19. The molecule has 0 saturated heterocycles. The van der Waals surface area contributed by atoms with E-state index >= 15 is 0 Å². The zero-order valence-corrected chi connectivity index (χ0v) is 15.8. The van der Waals surface area contributed by atoms with Gasteiger partial charge in [0.05, 0.1) is 11.3 Å². The lowest BCUT2D eigenvalue weighted by molar-refractivity contribution is -0.660. The quantitative estimate of drug-likeness (QED) is 0.567. The number of hydrogen-bond acceptors (Lipinski definition) is 1. The molecule has 26 heavy (non-hydrogen) atoms. The maximum Gasteiger partial charge on any atom is 0.213 e. The van der Waals surface area contributed by atoms with Gasteiger partial charge in [-0.15, -0.1) is 0 Å². The maximum absolute atomic E-state index is 4.91. The van der Waals surface area contributed by atoms with Crippen molar-refractivity contribution in [3.63, 3.8) is 0 Å². The minimum Gasteiger partial charge on any atom is -0.260 e. The Kier molecular flexibility index (Phi) is 3.34. The van der Waals surface area contributed by atoms with Gasteiger partial charge in [0.2, 0.25) is 5.69 Å². The van der Waals surface area contributed by atoms with Crippen molar-refractivity contribution >= 4 is 0 Å². The zero-order valence-electron chi connectivity index (χ0n) is 15.8. The molecule has 1 saturated carbocycles. The van der Waals surface area contributed by atoms with E-state index in [1.54, 1.807) is 0 Å². The smallest absolute Gasteiger partial charge is 0.213 e. The van der Waals surface area contributed by atoms with E-state index in [1.165, 1.54) is 70.5 Å². The van der Waals surface area contributed by atoms with Crippen LogP contribution in [0.4, 0.5) is 0 Å². The van der Waals surface area contributed by atoms with E-state index in [4.69, 9.17) is 4.98 Å². The third kappa shape index (κ3) is 1.99. The summed E-state index contributed by atoms with van der Waals surface area (Å²) in [4.78, 5) is 4.91. The van der Waals surface area contributed by atoms with Gasteiger partial charge in [-0.1, -0.05) is 31.0 Å². The van der Waals surface area contributed by atoms with Gasteiger partial charge in [0.15, 0.2) is 6.20 Å². The molecule has 2 heteroatoms. The standard InChI is InChI=1S/C24H25N2/c1-16-10-14-26(3)20(15-16)21-17(2)8-9-18-19-7-6-13-25-23(19)24(22(18)21)11-4-5-12-24/h6-10,13-15H,4-5,11-12H2,1-3H3/q+1. The Morgan fingerprint density at radius 1 is 1.00 bits per heavy atom. The summed E-state index contributed by atoms with van der Waals surface area (Å²) in [5, 5.41) is 0. The SMILES string of the molecule is Cc1cc[n+](C)c(-c2c(C)ccc3c2C2(CCCC2)c2ncccc2-3)c1. The van der Waals surface area contributed by atoms with Crippen molar-refractivity contribution in [1.82, 2.24) is 4.98 Å². The monoisotopic (exact) mass is 341 g/mol. The number of fused-ring (bicyclic) bond motifs is 5. The van der Waals surface area contributed by atoms with Crippen LogP contribution in [0.15, 0.2) is 48.8 Å². The molecule has 0 unspecified atom stereocenters. The van der Waals surface area contributed by atoms with Crippen molar-refractivity contribution in [3.05, 3.63) is 71.2 Å². The molecule has 1 aromatic carbocycles. The lowest BCUT2D eigenvalue weighted by atomic mass is 9.75. The summed E-state index contributed by atoms with van der Waals surface area (Å²) in [5.41, 5.74) is 11.1. The maximum atomic E-state index is 4.91. The van der Waals surface area contributed by atoms with Crippen LogP contribution in [0.2, 0.25) is 0 Å². The van der Waals surface area contributed by atoms with Crippen LogP contribution in [-0.4, -0.2) is 4.98 Å². The fraction of sp³-hybridized carbons (Fsp3) is 0.333. The molecule has 0 amide bonds. The molecular formula is C24H25N2+. The van der Waals surface area contributed by atoms with Crippen LogP contribution in [0.5, 0.6) is 0 Å². The molecule has 3 aromatic rings. The Morgan fingerprint density at radius 3 is 2.62 bits per heavy atom. The number of rotatable bonds is 1. The first-order valence-corrected chi connectivity index (χ1v) is 9.68. The average molecular weight is 341 g/mol. The molecule has 0 aliphatic heterocycles. The van der Waals surface area contributed by atoms with E-state index in [-0.39, 0.29) is 5.41 Å². The fourth-order valence-electron chi connectivity index (χ4n) is 5.27. The summed E-state index contributed by atoms with van der Waals surface area (Å²) in [5.74, 6) is 0. The van der Waals surface area contributed by atoms with Gasteiger partial charge in [0.1, 0.15) is 7.05 Å². The fourth-order valence-corrected chi connectivity index (χ4v) is 5.27. The van der Waals surface area contributed by atoms with Gasteiger partial charge in [-0.25, -0.2) is 4.57 Å². The van der Waals surface area contributed by atoms with Crippen molar-refractivity contribution in [1.29, 1.82) is 0 Å². The zero-order chi connectivity index (χ0) is 17.9. The number of aromatic nitrogens is 2. The predicted molar refractivity (Wildman–Crippen MR) is 105 cm³/mol. The third-order valence-electron chi connectivity index (χ3n) is 6.46. The predicted octanol–water partition coefficient (Wildman–Crippen LogP) is 5.03. The summed E-state index contributed by atoms with van der Waals surface area (Å²) in [7, 11) is 2.16. The highest BCUT2D eigenvalue weighted by Gasteiger charge is 2.48. The minimum absolute atomic E-state index is 0.101. The van der Waals surface area contributed by atoms with Gasteiger partial charge in [0, 0.05) is 29.3 Å². The summed E-state index contributed by atoms with van der Waals surface area (Å²) >= 11 is 0.